The maximum atomic E-state index is 10.1. The van der Waals surface area contributed by atoms with Crippen molar-refractivity contribution >= 4 is 0 Å². The zero-order valence-electron chi connectivity index (χ0n) is 10.1. The molecule has 2 atom stereocenters. The van der Waals surface area contributed by atoms with Crippen molar-refractivity contribution in [2.45, 2.75) is 32.5 Å². The van der Waals surface area contributed by atoms with Crippen LogP contribution < -0.4 is 5.73 Å². The Bertz CT molecular complexity index is 415. The minimum Gasteiger partial charge on any atom is -0.390 e. The van der Waals surface area contributed by atoms with Crippen LogP contribution in [0.5, 0.6) is 0 Å². The van der Waals surface area contributed by atoms with Crippen LogP contribution in [0.3, 0.4) is 0 Å². The lowest BCUT2D eigenvalue weighted by molar-refractivity contribution is 0.0143. The van der Waals surface area contributed by atoms with E-state index in [0.29, 0.717) is 24.1 Å². The highest BCUT2D eigenvalue weighted by Crippen LogP contribution is 2.26. The van der Waals surface area contributed by atoms with E-state index < -0.39 is 12.2 Å². The first-order valence-electron chi connectivity index (χ1n) is 5.58. The van der Waals surface area contributed by atoms with Gasteiger partial charge in [0.25, 0.3) is 0 Å². The molecule has 1 aromatic rings. The number of rotatable bonds is 4. The van der Waals surface area contributed by atoms with E-state index in [0.717, 1.165) is 11.1 Å². The van der Waals surface area contributed by atoms with Crippen LogP contribution in [-0.4, -0.2) is 22.9 Å². The number of aryl methyl sites for hydroxylation is 2. The van der Waals surface area contributed by atoms with E-state index in [1.54, 1.807) is 12.1 Å². The summed E-state index contributed by atoms with van der Waals surface area (Å²) in [5.74, 6) is 0. The average Bonchev–Trinajstić information content (AvgIpc) is 2.28. The van der Waals surface area contributed by atoms with E-state index in [9.17, 15) is 10.2 Å². The van der Waals surface area contributed by atoms with Gasteiger partial charge in [0.05, 0.1) is 17.7 Å². The fourth-order valence-electron chi connectivity index (χ4n) is 2.03. The van der Waals surface area contributed by atoms with Gasteiger partial charge in [-0.25, -0.2) is 0 Å². The minimum atomic E-state index is -0.953. The Morgan fingerprint density at radius 2 is 1.82 bits per heavy atom. The number of nitrogens with two attached hydrogens (primary N) is 1. The molecule has 0 heterocycles. The van der Waals surface area contributed by atoms with Gasteiger partial charge in [0.1, 0.15) is 6.10 Å². The molecule has 0 aliphatic heterocycles. The molecule has 4 nitrogen and oxygen atoms in total. The van der Waals surface area contributed by atoms with E-state index in [2.05, 4.69) is 6.07 Å². The highest BCUT2D eigenvalue weighted by Gasteiger charge is 2.21. The third-order valence-electron chi connectivity index (χ3n) is 2.85. The van der Waals surface area contributed by atoms with Gasteiger partial charge in [-0.2, -0.15) is 5.26 Å². The molecule has 17 heavy (non-hydrogen) atoms. The van der Waals surface area contributed by atoms with Gasteiger partial charge in [-0.05, 0) is 55.6 Å². The second kappa shape index (κ2) is 5.78. The van der Waals surface area contributed by atoms with Crippen molar-refractivity contribution in [3.63, 3.8) is 0 Å². The van der Waals surface area contributed by atoms with Gasteiger partial charge >= 0.3 is 0 Å². The summed E-state index contributed by atoms with van der Waals surface area (Å²) >= 11 is 0. The van der Waals surface area contributed by atoms with Crippen molar-refractivity contribution in [1.29, 1.82) is 5.26 Å². The lowest BCUT2D eigenvalue weighted by Gasteiger charge is -2.21. The number of nitriles is 1. The molecule has 4 N–H and O–H groups in total. The maximum Gasteiger partial charge on any atom is 0.105 e. The van der Waals surface area contributed by atoms with Crippen LogP contribution >= 0.6 is 0 Å². The van der Waals surface area contributed by atoms with Crippen LogP contribution in [-0.2, 0) is 0 Å². The van der Waals surface area contributed by atoms with E-state index in [4.69, 9.17) is 11.0 Å². The SMILES string of the molecule is Cc1cc(C#N)cc(C)c1C(O)C(O)CCN. The predicted octanol–water partition coefficient (Wildman–Crippen LogP) is 0.918. The zero-order chi connectivity index (χ0) is 13.0. The normalized spacial score (nSPS) is 14.1. The molecule has 0 aromatic heterocycles. The minimum absolute atomic E-state index is 0.326. The lowest BCUT2D eigenvalue weighted by atomic mass is 9.92. The number of hydrogen-bond donors (Lipinski definition) is 3. The van der Waals surface area contributed by atoms with E-state index >= 15 is 0 Å². The molecular formula is C13H18N2O2. The summed E-state index contributed by atoms with van der Waals surface area (Å²) in [6, 6.07) is 5.48. The quantitative estimate of drug-likeness (QED) is 0.722. The third-order valence-corrected chi connectivity index (χ3v) is 2.85. The first-order chi connectivity index (χ1) is 8.01. The molecule has 0 aliphatic carbocycles. The highest BCUT2D eigenvalue weighted by atomic mass is 16.3. The molecule has 4 heteroatoms. The van der Waals surface area contributed by atoms with Crippen molar-refractivity contribution in [3.8, 4) is 6.07 Å². The first kappa shape index (κ1) is 13.7. The van der Waals surface area contributed by atoms with Crippen molar-refractivity contribution in [2.75, 3.05) is 6.54 Å². The predicted molar refractivity (Wildman–Crippen MR) is 65.3 cm³/mol. The van der Waals surface area contributed by atoms with Gasteiger partial charge in [0.2, 0.25) is 0 Å². The summed E-state index contributed by atoms with van der Waals surface area (Å²) in [5.41, 5.74) is 8.22. The number of benzene rings is 1. The standard InChI is InChI=1S/C13H18N2O2/c1-8-5-10(7-15)6-9(2)12(8)13(17)11(16)3-4-14/h5-6,11,13,16-17H,3-4,14H2,1-2H3. The summed E-state index contributed by atoms with van der Waals surface area (Å²) in [6.45, 7) is 3.97. The molecule has 0 bridgehead atoms. The summed E-state index contributed by atoms with van der Waals surface area (Å²) in [6.07, 6.45) is -1.48. The monoisotopic (exact) mass is 234 g/mol. The Morgan fingerprint density at radius 3 is 2.24 bits per heavy atom. The first-order valence-corrected chi connectivity index (χ1v) is 5.58. The zero-order valence-corrected chi connectivity index (χ0v) is 10.1. The number of aliphatic hydroxyl groups excluding tert-OH is 2. The Balaban J connectivity index is 3.10. The summed E-state index contributed by atoms with van der Waals surface area (Å²) in [7, 11) is 0. The highest BCUT2D eigenvalue weighted by molar-refractivity contribution is 5.44. The molecule has 0 radical (unpaired) electrons. The van der Waals surface area contributed by atoms with E-state index in [-0.39, 0.29) is 0 Å². The van der Waals surface area contributed by atoms with Crippen molar-refractivity contribution in [3.05, 3.63) is 34.4 Å². The molecule has 1 rings (SSSR count). The average molecular weight is 234 g/mol. The van der Waals surface area contributed by atoms with Gasteiger partial charge < -0.3 is 15.9 Å². The molecule has 1 aromatic carbocycles. The summed E-state index contributed by atoms with van der Waals surface area (Å²) in [5, 5.41) is 28.6. The molecule has 0 saturated carbocycles. The topological polar surface area (TPSA) is 90.3 Å². The Hall–Kier alpha value is -1.41. The molecule has 0 saturated heterocycles. The number of aliphatic hydroxyl groups is 2. The van der Waals surface area contributed by atoms with Crippen molar-refractivity contribution < 1.29 is 10.2 Å². The maximum absolute atomic E-state index is 10.1. The Kier molecular flexibility index (Phi) is 4.64. The van der Waals surface area contributed by atoms with Gasteiger partial charge in [0, 0.05) is 0 Å². The Morgan fingerprint density at radius 1 is 1.29 bits per heavy atom. The molecule has 0 fully saturated rings. The van der Waals surface area contributed by atoms with Gasteiger partial charge in [-0.1, -0.05) is 0 Å². The Labute approximate surface area is 101 Å². The molecular weight excluding hydrogens is 216 g/mol. The van der Waals surface area contributed by atoms with Crippen LogP contribution in [0, 0.1) is 25.2 Å². The summed E-state index contributed by atoms with van der Waals surface area (Å²) < 4.78 is 0. The summed E-state index contributed by atoms with van der Waals surface area (Å²) in [4.78, 5) is 0. The fourth-order valence-corrected chi connectivity index (χ4v) is 2.03. The molecule has 0 aliphatic rings. The van der Waals surface area contributed by atoms with Crippen molar-refractivity contribution in [2.24, 2.45) is 5.73 Å². The lowest BCUT2D eigenvalue weighted by Crippen LogP contribution is -2.23. The number of hydrogen-bond acceptors (Lipinski definition) is 4. The second-order valence-corrected chi connectivity index (χ2v) is 4.23. The largest absolute Gasteiger partial charge is 0.390 e. The van der Waals surface area contributed by atoms with Crippen LogP contribution in [0.25, 0.3) is 0 Å². The third kappa shape index (κ3) is 3.04. The number of nitrogens with zero attached hydrogens (tertiary/aromatic N) is 1. The molecule has 92 valence electrons. The molecule has 0 amide bonds. The fraction of sp³-hybridized carbons (Fsp3) is 0.462. The van der Waals surface area contributed by atoms with Crippen molar-refractivity contribution in [1.82, 2.24) is 0 Å². The second-order valence-electron chi connectivity index (χ2n) is 4.23. The van der Waals surface area contributed by atoms with Crippen LogP contribution in [0.15, 0.2) is 12.1 Å². The molecule has 2 unspecified atom stereocenters. The van der Waals surface area contributed by atoms with Gasteiger partial charge in [-0.15, -0.1) is 0 Å². The van der Waals surface area contributed by atoms with Gasteiger partial charge in [0.15, 0.2) is 0 Å². The smallest absolute Gasteiger partial charge is 0.105 e. The molecule has 0 spiro atoms. The van der Waals surface area contributed by atoms with E-state index in [1.165, 1.54) is 0 Å². The van der Waals surface area contributed by atoms with Gasteiger partial charge in [-0.3, -0.25) is 0 Å². The van der Waals surface area contributed by atoms with E-state index in [1.807, 2.05) is 13.8 Å². The van der Waals surface area contributed by atoms with Crippen LogP contribution in [0.2, 0.25) is 0 Å². The van der Waals surface area contributed by atoms with Crippen LogP contribution in [0.4, 0.5) is 0 Å². The van der Waals surface area contributed by atoms with Crippen LogP contribution in [0.1, 0.15) is 34.8 Å².